The molecular weight excluding hydrogens is 274 g/mol. The van der Waals surface area contributed by atoms with Crippen LogP contribution in [0.4, 0.5) is 0 Å². The standard InChI is InChI=1S/C11H17NO4S2/c1-8-7-17-10(5-13)11(8)18(14,15)12-4-9-2-3-16-6-9/h7,9,12-13H,2-6H2,1H3. The second-order valence-electron chi connectivity index (χ2n) is 4.41. The summed E-state index contributed by atoms with van der Waals surface area (Å²) in [6, 6.07) is 0. The van der Waals surface area contributed by atoms with E-state index in [4.69, 9.17) is 4.74 Å². The Morgan fingerprint density at radius 2 is 2.39 bits per heavy atom. The SMILES string of the molecule is Cc1csc(CO)c1S(=O)(=O)NCC1CCOC1. The molecule has 2 heterocycles. The molecule has 2 N–H and O–H groups in total. The fourth-order valence-electron chi connectivity index (χ4n) is 2.00. The van der Waals surface area contributed by atoms with E-state index in [0.29, 0.717) is 30.2 Å². The van der Waals surface area contributed by atoms with Crippen molar-refractivity contribution in [2.24, 2.45) is 5.92 Å². The average molecular weight is 291 g/mol. The second-order valence-corrected chi connectivity index (χ2v) is 7.08. The van der Waals surface area contributed by atoms with Gasteiger partial charge in [0.2, 0.25) is 10.0 Å². The van der Waals surface area contributed by atoms with Crippen molar-refractivity contribution in [2.75, 3.05) is 19.8 Å². The quantitative estimate of drug-likeness (QED) is 0.844. The Bertz CT molecular complexity index is 503. The van der Waals surface area contributed by atoms with E-state index >= 15 is 0 Å². The molecule has 0 saturated carbocycles. The molecule has 1 aromatic rings. The minimum Gasteiger partial charge on any atom is -0.391 e. The van der Waals surface area contributed by atoms with Crippen LogP contribution in [0, 0.1) is 12.8 Å². The summed E-state index contributed by atoms with van der Waals surface area (Å²) in [5, 5.41) is 10.9. The predicted octanol–water partition coefficient (Wildman–Crippen LogP) is 0.864. The van der Waals surface area contributed by atoms with E-state index in [1.54, 1.807) is 12.3 Å². The van der Waals surface area contributed by atoms with Crippen LogP contribution in [0.3, 0.4) is 0 Å². The molecule has 1 atom stereocenters. The van der Waals surface area contributed by atoms with E-state index in [1.807, 2.05) is 0 Å². The number of ether oxygens (including phenoxy) is 1. The molecule has 0 aromatic carbocycles. The molecule has 18 heavy (non-hydrogen) atoms. The van der Waals surface area contributed by atoms with Crippen LogP contribution < -0.4 is 4.72 Å². The van der Waals surface area contributed by atoms with Crippen molar-refractivity contribution in [3.8, 4) is 0 Å². The van der Waals surface area contributed by atoms with Crippen LogP contribution in [0.25, 0.3) is 0 Å². The van der Waals surface area contributed by atoms with E-state index in [0.717, 1.165) is 6.42 Å². The number of aliphatic hydroxyl groups is 1. The molecule has 2 rings (SSSR count). The molecule has 0 amide bonds. The topological polar surface area (TPSA) is 75.6 Å². The zero-order chi connectivity index (χ0) is 13.2. The molecule has 1 aliphatic heterocycles. The van der Waals surface area contributed by atoms with Crippen LogP contribution in [-0.2, 0) is 21.4 Å². The van der Waals surface area contributed by atoms with Gasteiger partial charge in [-0.05, 0) is 30.2 Å². The molecule has 1 aliphatic rings. The Morgan fingerprint density at radius 3 is 3.00 bits per heavy atom. The largest absolute Gasteiger partial charge is 0.391 e. The number of hydrogen-bond donors (Lipinski definition) is 2. The van der Waals surface area contributed by atoms with Crippen LogP contribution in [0.15, 0.2) is 10.3 Å². The third kappa shape index (κ3) is 2.92. The lowest BCUT2D eigenvalue weighted by Gasteiger charge is -2.11. The van der Waals surface area contributed by atoms with Crippen LogP contribution in [0.2, 0.25) is 0 Å². The Hall–Kier alpha value is -0.470. The highest BCUT2D eigenvalue weighted by Crippen LogP contribution is 2.26. The van der Waals surface area contributed by atoms with Crippen molar-refractivity contribution in [3.63, 3.8) is 0 Å². The summed E-state index contributed by atoms with van der Waals surface area (Å²) in [5.41, 5.74) is 0.680. The first-order valence-corrected chi connectivity index (χ1v) is 8.16. The smallest absolute Gasteiger partial charge is 0.242 e. The van der Waals surface area contributed by atoms with Crippen LogP contribution in [-0.4, -0.2) is 33.3 Å². The van der Waals surface area contributed by atoms with Crippen LogP contribution >= 0.6 is 11.3 Å². The first kappa shape index (κ1) is 14.0. The maximum absolute atomic E-state index is 12.2. The second kappa shape index (κ2) is 5.66. The summed E-state index contributed by atoms with van der Waals surface area (Å²) in [7, 11) is -3.53. The average Bonchev–Trinajstić information content (AvgIpc) is 2.95. The minimum absolute atomic E-state index is 0.230. The zero-order valence-corrected chi connectivity index (χ0v) is 11.8. The Kier molecular flexibility index (Phi) is 4.39. The summed E-state index contributed by atoms with van der Waals surface area (Å²) < 4.78 is 32.2. The molecule has 102 valence electrons. The Labute approximate surface area is 111 Å². The van der Waals surface area contributed by atoms with Gasteiger partial charge in [0.1, 0.15) is 4.90 Å². The molecule has 1 aromatic heterocycles. The van der Waals surface area contributed by atoms with Crippen molar-refractivity contribution in [1.29, 1.82) is 0 Å². The maximum atomic E-state index is 12.2. The van der Waals surface area contributed by atoms with Gasteiger partial charge < -0.3 is 9.84 Å². The lowest BCUT2D eigenvalue weighted by molar-refractivity contribution is 0.186. The fourth-order valence-corrected chi connectivity index (χ4v) is 4.78. The van der Waals surface area contributed by atoms with Gasteiger partial charge in [0, 0.05) is 13.2 Å². The van der Waals surface area contributed by atoms with Crippen LogP contribution in [0.5, 0.6) is 0 Å². The highest BCUT2D eigenvalue weighted by molar-refractivity contribution is 7.89. The van der Waals surface area contributed by atoms with Crippen molar-refractivity contribution >= 4 is 21.4 Å². The lowest BCUT2D eigenvalue weighted by atomic mass is 10.1. The molecular formula is C11H17NO4S2. The zero-order valence-electron chi connectivity index (χ0n) is 10.2. The van der Waals surface area contributed by atoms with E-state index in [9.17, 15) is 13.5 Å². The van der Waals surface area contributed by atoms with Crippen molar-refractivity contribution in [2.45, 2.75) is 24.8 Å². The van der Waals surface area contributed by atoms with Gasteiger partial charge in [-0.15, -0.1) is 11.3 Å². The molecule has 5 nitrogen and oxygen atoms in total. The van der Waals surface area contributed by atoms with E-state index < -0.39 is 10.0 Å². The van der Waals surface area contributed by atoms with Gasteiger partial charge in [-0.3, -0.25) is 0 Å². The first-order valence-electron chi connectivity index (χ1n) is 5.80. The number of thiophene rings is 1. The van der Waals surface area contributed by atoms with E-state index in [1.165, 1.54) is 11.3 Å². The number of nitrogens with one attached hydrogen (secondary N) is 1. The molecule has 7 heteroatoms. The first-order chi connectivity index (χ1) is 8.54. The van der Waals surface area contributed by atoms with Crippen LogP contribution in [0.1, 0.15) is 16.9 Å². The van der Waals surface area contributed by atoms with Gasteiger partial charge in [0.05, 0.1) is 18.1 Å². The van der Waals surface area contributed by atoms with Gasteiger partial charge in [-0.1, -0.05) is 0 Å². The highest BCUT2D eigenvalue weighted by Gasteiger charge is 2.24. The molecule has 0 spiro atoms. The van der Waals surface area contributed by atoms with Gasteiger partial charge in [0.25, 0.3) is 0 Å². The lowest BCUT2D eigenvalue weighted by Crippen LogP contribution is -2.30. The minimum atomic E-state index is -3.53. The fraction of sp³-hybridized carbons (Fsp3) is 0.636. The molecule has 1 unspecified atom stereocenters. The summed E-state index contributed by atoms with van der Waals surface area (Å²) in [4.78, 5) is 0.719. The number of sulfonamides is 1. The summed E-state index contributed by atoms with van der Waals surface area (Å²) in [5.74, 6) is 0.247. The molecule has 0 radical (unpaired) electrons. The summed E-state index contributed by atoms with van der Waals surface area (Å²) in [6.07, 6.45) is 0.887. The normalized spacial score (nSPS) is 20.4. The number of aryl methyl sites for hydroxylation is 1. The van der Waals surface area contributed by atoms with Crippen molar-refractivity contribution in [1.82, 2.24) is 4.72 Å². The Morgan fingerprint density at radius 1 is 1.61 bits per heavy atom. The van der Waals surface area contributed by atoms with Gasteiger partial charge in [-0.25, -0.2) is 13.1 Å². The number of hydrogen-bond acceptors (Lipinski definition) is 5. The monoisotopic (exact) mass is 291 g/mol. The molecule has 1 fully saturated rings. The maximum Gasteiger partial charge on any atom is 0.242 e. The van der Waals surface area contributed by atoms with Gasteiger partial charge in [-0.2, -0.15) is 0 Å². The third-order valence-corrected chi connectivity index (χ3v) is 5.86. The molecule has 0 bridgehead atoms. The molecule has 1 saturated heterocycles. The number of aliphatic hydroxyl groups excluding tert-OH is 1. The number of rotatable bonds is 5. The Balaban J connectivity index is 2.11. The predicted molar refractivity (Wildman–Crippen MR) is 69.1 cm³/mol. The third-order valence-electron chi connectivity index (χ3n) is 2.99. The van der Waals surface area contributed by atoms with E-state index in [2.05, 4.69) is 4.72 Å². The van der Waals surface area contributed by atoms with Gasteiger partial charge >= 0.3 is 0 Å². The summed E-state index contributed by atoms with van der Waals surface area (Å²) in [6.45, 7) is 3.19. The van der Waals surface area contributed by atoms with Crippen molar-refractivity contribution < 1.29 is 18.3 Å². The van der Waals surface area contributed by atoms with Crippen molar-refractivity contribution in [3.05, 3.63) is 15.8 Å². The summed E-state index contributed by atoms with van der Waals surface area (Å²) >= 11 is 1.27. The highest BCUT2D eigenvalue weighted by atomic mass is 32.2. The molecule has 0 aliphatic carbocycles. The van der Waals surface area contributed by atoms with E-state index in [-0.39, 0.29) is 17.4 Å². The van der Waals surface area contributed by atoms with Gasteiger partial charge in [0.15, 0.2) is 0 Å².